The van der Waals surface area contributed by atoms with Crippen LogP contribution in [0.4, 0.5) is 0 Å². The number of nitrogens with zero attached hydrogens (tertiary/aromatic N) is 1. The number of hydrogen-bond donors (Lipinski definition) is 2. The molecule has 0 aliphatic carbocycles. The average molecular weight is 376 g/mol. The summed E-state index contributed by atoms with van der Waals surface area (Å²) in [7, 11) is 0. The molecule has 0 radical (unpaired) electrons. The maximum absolute atomic E-state index is 11.8. The van der Waals surface area contributed by atoms with Crippen LogP contribution in [0.1, 0.15) is 23.6 Å². The number of ether oxygens (including phenoxy) is 2. The number of rotatable bonds is 6. The lowest BCUT2D eigenvalue weighted by Gasteiger charge is -2.24. The first-order valence-electron chi connectivity index (χ1n) is 8.34. The van der Waals surface area contributed by atoms with Gasteiger partial charge >= 0.3 is 0 Å². The smallest absolute Gasteiger partial charge is 0.249 e. The number of aromatic nitrogens is 2. The summed E-state index contributed by atoms with van der Waals surface area (Å²) in [6.07, 6.45) is 0.466. The number of carbonyl (C=O) groups is 1. The highest BCUT2D eigenvalue weighted by Gasteiger charge is 2.25. The van der Waals surface area contributed by atoms with Gasteiger partial charge in [0.15, 0.2) is 5.76 Å². The monoisotopic (exact) mass is 375 g/mol. The van der Waals surface area contributed by atoms with Crippen LogP contribution in [0.2, 0.25) is 5.02 Å². The molecule has 0 spiro atoms. The third-order valence-electron chi connectivity index (χ3n) is 4.22. The summed E-state index contributed by atoms with van der Waals surface area (Å²) < 4.78 is 16.0. The van der Waals surface area contributed by atoms with Gasteiger partial charge in [-0.05, 0) is 19.1 Å². The molecule has 1 fully saturated rings. The number of aromatic amines is 1. The molecule has 4 rings (SSSR count). The number of hydrogen-bond acceptors (Lipinski definition) is 5. The van der Waals surface area contributed by atoms with Gasteiger partial charge in [0.2, 0.25) is 5.91 Å². The normalized spacial score (nSPS) is 16.5. The van der Waals surface area contributed by atoms with Crippen molar-refractivity contribution in [1.29, 1.82) is 0 Å². The molecule has 1 aliphatic rings. The average Bonchev–Trinajstić information content (AvgIpc) is 3.14. The van der Waals surface area contributed by atoms with E-state index in [0.29, 0.717) is 29.7 Å². The SMILES string of the molecule is Cc1cc(COc2cc3[nH]c(CNC(=O)C4CCO4)cc3cc2Cl)on1. The number of nitrogens with one attached hydrogen (secondary N) is 2. The van der Waals surface area contributed by atoms with Gasteiger partial charge < -0.3 is 24.3 Å². The van der Waals surface area contributed by atoms with Gasteiger partial charge in [0, 0.05) is 35.2 Å². The van der Waals surface area contributed by atoms with E-state index in [1.54, 1.807) is 0 Å². The zero-order valence-electron chi connectivity index (χ0n) is 14.2. The van der Waals surface area contributed by atoms with Crippen molar-refractivity contribution in [3.8, 4) is 5.75 Å². The van der Waals surface area contributed by atoms with Gasteiger partial charge in [-0.25, -0.2) is 0 Å². The van der Waals surface area contributed by atoms with Crippen molar-refractivity contribution in [1.82, 2.24) is 15.5 Å². The van der Waals surface area contributed by atoms with Crippen molar-refractivity contribution in [2.24, 2.45) is 0 Å². The maximum atomic E-state index is 11.8. The van der Waals surface area contributed by atoms with E-state index in [1.165, 1.54) is 0 Å². The van der Waals surface area contributed by atoms with Gasteiger partial charge in [0.25, 0.3) is 0 Å². The molecule has 8 heteroatoms. The highest BCUT2D eigenvalue weighted by Crippen LogP contribution is 2.31. The number of carbonyl (C=O) groups excluding carboxylic acids is 1. The quantitative estimate of drug-likeness (QED) is 0.691. The third kappa shape index (κ3) is 3.54. The lowest BCUT2D eigenvalue weighted by atomic mass is 10.2. The van der Waals surface area contributed by atoms with E-state index < -0.39 is 0 Å². The molecule has 3 heterocycles. The van der Waals surface area contributed by atoms with Crippen LogP contribution in [0.25, 0.3) is 10.9 Å². The number of amides is 1. The second kappa shape index (κ2) is 7.01. The standard InChI is InChI=1S/C18H18ClN3O4/c1-10-4-13(26-22-10)9-25-17-7-15-11(6-14(17)19)5-12(21-15)8-20-18(23)16-2-3-24-16/h4-7,16,21H,2-3,8-9H2,1H3,(H,20,23). The highest BCUT2D eigenvalue weighted by atomic mass is 35.5. The van der Waals surface area contributed by atoms with Crippen LogP contribution in [0, 0.1) is 6.92 Å². The van der Waals surface area contributed by atoms with E-state index in [0.717, 1.165) is 28.7 Å². The van der Waals surface area contributed by atoms with Crippen molar-refractivity contribution in [3.63, 3.8) is 0 Å². The van der Waals surface area contributed by atoms with Gasteiger partial charge in [-0.1, -0.05) is 16.8 Å². The first-order valence-corrected chi connectivity index (χ1v) is 8.72. The molecule has 7 nitrogen and oxygen atoms in total. The molecule has 1 aliphatic heterocycles. The molecule has 0 saturated carbocycles. The van der Waals surface area contributed by atoms with Gasteiger partial charge in [0.1, 0.15) is 18.5 Å². The van der Waals surface area contributed by atoms with E-state index >= 15 is 0 Å². The van der Waals surface area contributed by atoms with E-state index in [1.807, 2.05) is 31.2 Å². The molecule has 1 unspecified atom stereocenters. The van der Waals surface area contributed by atoms with Crippen LogP contribution >= 0.6 is 11.6 Å². The molecule has 0 bridgehead atoms. The summed E-state index contributed by atoms with van der Waals surface area (Å²) in [6.45, 7) is 3.15. The predicted molar refractivity (Wildman–Crippen MR) is 95.1 cm³/mol. The Bertz CT molecular complexity index is 945. The van der Waals surface area contributed by atoms with Crippen LogP contribution in [0.5, 0.6) is 5.75 Å². The minimum atomic E-state index is -0.312. The Morgan fingerprint density at radius 1 is 1.42 bits per heavy atom. The van der Waals surface area contributed by atoms with Crippen LogP contribution in [-0.2, 0) is 22.7 Å². The van der Waals surface area contributed by atoms with Crippen molar-refractivity contribution in [2.45, 2.75) is 32.6 Å². The highest BCUT2D eigenvalue weighted by molar-refractivity contribution is 6.32. The van der Waals surface area contributed by atoms with Crippen molar-refractivity contribution in [3.05, 3.63) is 46.4 Å². The zero-order valence-corrected chi connectivity index (χ0v) is 14.9. The molecular formula is C18H18ClN3O4. The van der Waals surface area contributed by atoms with E-state index in [2.05, 4.69) is 15.5 Å². The number of fused-ring (bicyclic) bond motifs is 1. The second-order valence-corrected chi connectivity index (χ2v) is 6.66. The number of aryl methyl sites for hydroxylation is 1. The lowest BCUT2D eigenvalue weighted by Crippen LogP contribution is -2.42. The first kappa shape index (κ1) is 16.9. The Hall–Kier alpha value is -2.51. The van der Waals surface area contributed by atoms with E-state index in [4.69, 9.17) is 25.6 Å². The third-order valence-corrected chi connectivity index (χ3v) is 4.52. The second-order valence-electron chi connectivity index (χ2n) is 6.25. The molecule has 3 aromatic rings. The maximum Gasteiger partial charge on any atom is 0.249 e. The molecule has 1 aromatic carbocycles. The lowest BCUT2D eigenvalue weighted by molar-refractivity contribution is -0.145. The summed E-state index contributed by atoms with van der Waals surface area (Å²) in [5.74, 6) is 1.10. The fourth-order valence-corrected chi connectivity index (χ4v) is 3.00. The molecule has 2 N–H and O–H groups in total. The van der Waals surface area contributed by atoms with Crippen molar-refractivity contribution >= 4 is 28.4 Å². The first-order chi connectivity index (χ1) is 12.6. The Morgan fingerprint density at radius 2 is 2.27 bits per heavy atom. The molecule has 1 amide bonds. The Labute approximate surface area is 154 Å². The summed E-state index contributed by atoms with van der Waals surface area (Å²) in [6, 6.07) is 7.43. The predicted octanol–water partition coefficient (Wildman–Crippen LogP) is 3.10. The van der Waals surface area contributed by atoms with Crippen molar-refractivity contribution in [2.75, 3.05) is 6.61 Å². The summed E-state index contributed by atoms with van der Waals surface area (Å²) in [5, 5.41) is 8.14. The summed E-state index contributed by atoms with van der Waals surface area (Å²) in [5.41, 5.74) is 2.56. The van der Waals surface area contributed by atoms with Gasteiger partial charge in [0.05, 0.1) is 23.9 Å². The topological polar surface area (TPSA) is 89.4 Å². The van der Waals surface area contributed by atoms with E-state index in [9.17, 15) is 4.79 Å². The van der Waals surface area contributed by atoms with E-state index in [-0.39, 0.29) is 18.6 Å². The fraction of sp³-hybridized carbons (Fsp3) is 0.333. The van der Waals surface area contributed by atoms with Crippen LogP contribution < -0.4 is 10.1 Å². The van der Waals surface area contributed by atoms with Crippen LogP contribution in [-0.4, -0.2) is 28.8 Å². The molecule has 26 heavy (non-hydrogen) atoms. The zero-order chi connectivity index (χ0) is 18.1. The molecule has 2 aromatic heterocycles. The molecular weight excluding hydrogens is 358 g/mol. The number of H-pyrrole nitrogens is 1. The van der Waals surface area contributed by atoms with Gasteiger partial charge in [-0.15, -0.1) is 0 Å². The Balaban J connectivity index is 1.44. The van der Waals surface area contributed by atoms with Crippen LogP contribution in [0.3, 0.4) is 0 Å². The van der Waals surface area contributed by atoms with Crippen molar-refractivity contribution < 1.29 is 18.8 Å². The van der Waals surface area contributed by atoms with Gasteiger partial charge in [-0.3, -0.25) is 4.79 Å². The van der Waals surface area contributed by atoms with Gasteiger partial charge in [-0.2, -0.15) is 0 Å². The molecule has 136 valence electrons. The summed E-state index contributed by atoms with van der Waals surface area (Å²) >= 11 is 6.31. The largest absolute Gasteiger partial charge is 0.484 e. The summed E-state index contributed by atoms with van der Waals surface area (Å²) in [4.78, 5) is 15.1. The molecule has 1 saturated heterocycles. The minimum absolute atomic E-state index is 0.0840. The number of halogens is 1. The fourth-order valence-electron chi connectivity index (χ4n) is 2.77. The molecule has 1 atom stereocenters. The minimum Gasteiger partial charge on any atom is -0.484 e. The number of benzene rings is 1. The Kier molecular flexibility index (Phi) is 4.57. The Morgan fingerprint density at radius 3 is 2.96 bits per heavy atom. The van der Waals surface area contributed by atoms with Crippen LogP contribution in [0.15, 0.2) is 28.8 Å².